The first kappa shape index (κ1) is 19.2. The maximum absolute atomic E-state index is 11.2. The number of rotatable bonds is 7. The minimum atomic E-state index is -0.0458. The number of anilines is 2. The second kappa shape index (κ2) is 9.40. The highest BCUT2D eigenvalue weighted by Crippen LogP contribution is 2.30. The molecule has 1 fully saturated rings. The quantitative estimate of drug-likeness (QED) is 0.636. The van der Waals surface area contributed by atoms with Crippen LogP contribution in [0, 0.1) is 0 Å². The smallest absolute Gasteiger partial charge is 0.221 e. The Kier molecular flexibility index (Phi) is 6.69. The molecule has 1 saturated carbocycles. The van der Waals surface area contributed by atoms with Crippen LogP contribution in [0.15, 0.2) is 67.3 Å². The molecule has 3 nitrogen and oxygen atoms in total. The van der Waals surface area contributed by atoms with Crippen LogP contribution in [-0.4, -0.2) is 18.5 Å². The van der Waals surface area contributed by atoms with Gasteiger partial charge in [-0.25, -0.2) is 0 Å². The Morgan fingerprint density at radius 1 is 1.11 bits per heavy atom. The van der Waals surface area contributed by atoms with E-state index < -0.39 is 0 Å². The van der Waals surface area contributed by atoms with Crippen molar-refractivity contribution in [2.75, 3.05) is 16.8 Å². The van der Waals surface area contributed by atoms with Crippen molar-refractivity contribution in [1.82, 2.24) is 0 Å². The van der Waals surface area contributed by atoms with Crippen molar-refractivity contribution in [3.63, 3.8) is 0 Å². The van der Waals surface area contributed by atoms with E-state index >= 15 is 0 Å². The third-order valence-corrected chi connectivity index (χ3v) is 5.44. The van der Waals surface area contributed by atoms with Crippen molar-refractivity contribution in [3.8, 4) is 0 Å². The van der Waals surface area contributed by atoms with Gasteiger partial charge >= 0.3 is 0 Å². The number of hydrogen-bond donors (Lipinski definition) is 1. The lowest BCUT2D eigenvalue weighted by atomic mass is 9.91. The summed E-state index contributed by atoms with van der Waals surface area (Å²) in [6.45, 7) is 6.56. The molecular weight excluding hydrogens is 332 g/mol. The first-order chi connectivity index (χ1) is 13.2. The van der Waals surface area contributed by atoms with E-state index in [1.165, 1.54) is 50.3 Å². The SMILES string of the molecule is C=C[C@@H](CN(c1ccccc1)C1CCCCC1)c1ccc(NC(C)=O)cc1. The van der Waals surface area contributed by atoms with E-state index in [0.717, 1.165) is 12.2 Å². The van der Waals surface area contributed by atoms with Crippen molar-refractivity contribution in [2.45, 2.75) is 51.0 Å². The van der Waals surface area contributed by atoms with Gasteiger partial charge < -0.3 is 10.2 Å². The van der Waals surface area contributed by atoms with Gasteiger partial charge in [-0.2, -0.15) is 0 Å². The maximum atomic E-state index is 11.2. The molecule has 0 bridgehead atoms. The Hall–Kier alpha value is -2.55. The molecule has 0 saturated heterocycles. The summed E-state index contributed by atoms with van der Waals surface area (Å²) in [4.78, 5) is 13.8. The zero-order valence-corrected chi connectivity index (χ0v) is 16.2. The van der Waals surface area contributed by atoms with Crippen LogP contribution in [0.25, 0.3) is 0 Å². The van der Waals surface area contributed by atoms with Gasteiger partial charge in [-0.05, 0) is 42.7 Å². The van der Waals surface area contributed by atoms with E-state index in [1.807, 2.05) is 18.2 Å². The van der Waals surface area contributed by atoms with Crippen LogP contribution in [0.5, 0.6) is 0 Å². The molecule has 1 amide bonds. The number of carbonyl (C=O) groups is 1. The third-order valence-electron chi connectivity index (χ3n) is 5.44. The van der Waals surface area contributed by atoms with Crippen LogP contribution in [0.1, 0.15) is 50.5 Å². The molecule has 142 valence electrons. The summed E-state index contributed by atoms with van der Waals surface area (Å²) >= 11 is 0. The van der Waals surface area contributed by atoms with Crippen molar-refractivity contribution < 1.29 is 4.79 Å². The van der Waals surface area contributed by atoms with Crippen LogP contribution in [0.4, 0.5) is 11.4 Å². The van der Waals surface area contributed by atoms with E-state index in [1.54, 1.807) is 0 Å². The fourth-order valence-corrected chi connectivity index (χ4v) is 4.02. The van der Waals surface area contributed by atoms with Crippen molar-refractivity contribution in [2.24, 2.45) is 0 Å². The molecule has 0 spiro atoms. The van der Waals surface area contributed by atoms with Crippen molar-refractivity contribution >= 4 is 17.3 Å². The van der Waals surface area contributed by atoms with Gasteiger partial charge in [0.25, 0.3) is 0 Å². The summed E-state index contributed by atoms with van der Waals surface area (Å²) in [5.41, 5.74) is 3.36. The molecule has 0 radical (unpaired) electrons. The third kappa shape index (κ3) is 5.22. The van der Waals surface area contributed by atoms with E-state index in [0.29, 0.717) is 6.04 Å². The predicted octanol–water partition coefficient (Wildman–Crippen LogP) is 5.75. The molecular formula is C24H30N2O. The van der Waals surface area contributed by atoms with Crippen molar-refractivity contribution in [1.29, 1.82) is 0 Å². The van der Waals surface area contributed by atoms with E-state index in [9.17, 15) is 4.79 Å². The minimum Gasteiger partial charge on any atom is -0.368 e. The second-order valence-corrected chi connectivity index (χ2v) is 7.43. The van der Waals surface area contributed by atoms with Gasteiger partial charge in [0.15, 0.2) is 0 Å². The summed E-state index contributed by atoms with van der Waals surface area (Å²) in [6.07, 6.45) is 8.57. The zero-order valence-electron chi connectivity index (χ0n) is 16.2. The summed E-state index contributed by atoms with van der Waals surface area (Å²) in [5.74, 6) is 0.203. The molecule has 1 N–H and O–H groups in total. The largest absolute Gasteiger partial charge is 0.368 e. The molecule has 3 heteroatoms. The van der Waals surface area contributed by atoms with Gasteiger partial charge in [0, 0.05) is 36.8 Å². The van der Waals surface area contributed by atoms with E-state index in [4.69, 9.17) is 0 Å². The lowest BCUT2D eigenvalue weighted by Crippen LogP contribution is -2.39. The first-order valence-corrected chi connectivity index (χ1v) is 9.99. The number of amides is 1. The number of benzene rings is 2. The molecule has 0 aromatic heterocycles. The Bertz CT molecular complexity index is 733. The van der Waals surface area contributed by atoms with Gasteiger partial charge in [0.05, 0.1) is 0 Å². The number of hydrogen-bond acceptors (Lipinski definition) is 2. The molecule has 2 aromatic rings. The molecule has 0 aliphatic heterocycles. The van der Waals surface area contributed by atoms with Crippen molar-refractivity contribution in [3.05, 3.63) is 72.8 Å². The molecule has 2 aromatic carbocycles. The Morgan fingerprint density at radius 2 is 1.78 bits per heavy atom. The maximum Gasteiger partial charge on any atom is 0.221 e. The molecule has 27 heavy (non-hydrogen) atoms. The number of carbonyl (C=O) groups excluding carboxylic acids is 1. The van der Waals surface area contributed by atoms with E-state index in [-0.39, 0.29) is 11.8 Å². The summed E-state index contributed by atoms with van der Waals surface area (Å²) in [5, 5.41) is 2.83. The number of nitrogens with one attached hydrogen (secondary N) is 1. The van der Waals surface area contributed by atoms with E-state index in [2.05, 4.69) is 59.3 Å². The standard InChI is InChI=1S/C24H30N2O/c1-3-20(21-14-16-22(17-15-21)25-19(2)27)18-26(23-10-6-4-7-11-23)24-12-8-5-9-13-24/h3-4,6-7,10-11,14-17,20,24H,1,5,8-9,12-13,18H2,2H3,(H,25,27)/t20-/m0/s1. The highest BCUT2D eigenvalue weighted by atomic mass is 16.1. The molecule has 1 aliphatic rings. The summed E-state index contributed by atoms with van der Waals surface area (Å²) < 4.78 is 0. The Balaban J connectivity index is 1.80. The predicted molar refractivity (Wildman–Crippen MR) is 114 cm³/mol. The van der Waals surface area contributed by atoms with Gasteiger partial charge in [-0.3, -0.25) is 4.79 Å². The van der Waals surface area contributed by atoms with Gasteiger partial charge in [0.1, 0.15) is 0 Å². The summed E-state index contributed by atoms with van der Waals surface area (Å²) in [6, 6.07) is 19.5. The fourth-order valence-electron chi connectivity index (χ4n) is 4.02. The number of para-hydroxylation sites is 1. The van der Waals surface area contributed by atoms with Crippen LogP contribution in [0.2, 0.25) is 0 Å². The van der Waals surface area contributed by atoms with Gasteiger partial charge in [-0.1, -0.05) is 55.7 Å². The minimum absolute atomic E-state index is 0.0458. The fraction of sp³-hybridized carbons (Fsp3) is 0.375. The average Bonchev–Trinajstić information content (AvgIpc) is 2.71. The lowest BCUT2D eigenvalue weighted by Gasteiger charge is -2.38. The van der Waals surface area contributed by atoms with Crippen LogP contribution in [0.3, 0.4) is 0 Å². The molecule has 1 atom stereocenters. The number of nitrogens with zero attached hydrogens (tertiary/aromatic N) is 1. The topological polar surface area (TPSA) is 32.3 Å². The van der Waals surface area contributed by atoms with Crippen LogP contribution < -0.4 is 10.2 Å². The Labute approximate surface area is 163 Å². The van der Waals surface area contributed by atoms with Crippen LogP contribution in [-0.2, 0) is 4.79 Å². The molecule has 0 heterocycles. The molecule has 0 unspecified atom stereocenters. The zero-order chi connectivity index (χ0) is 19.1. The van der Waals surface area contributed by atoms with Gasteiger partial charge in [0.2, 0.25) is 5.91 Å². The molecule has 3 rings (SSSR count). The molecule has 1 aliphatic carbocycles. The first-order valence-electron chi connectivity index (χ1n) is 9.99. The highest BCUT2D eigenvalue weighted by Gasteiger charge is 2.24. The Morgan fingerprint density at radius 3 is 2.37 bits per heavy atom. The summed E-state index contributed by atoms with van der Waals surface area (Å²) in [7, 11) is 0. The normalized spacial score (nSPS) is 15.7. The average molecular weight is 363 g/mol. The van der Waals surface area contributed by atoms with Crippen LogP contribution >= 0.6 is 0 Å². The van der Waals surface area contributed by atoms with Gasteiger partial charge in [-0.15, -0.1) is 6.58 Å². The second-order valence-electron chi connectivity index (χ2n) is 7.43. The monoisotopic (exact) mass is 362 g/mol. The lowest BCUT2D eigenvalue weighted by molar-refractivity contribution is -0.114. The highest BCUT2D eigenvalue weighted by molar-refractivity contribution is 5.88.